The molecule has 1 aromatic heterocycles. The fourth-order valence-corrected chi connectivity index (χ4v) is 2.84. The van der Waals surface area contributed by atoms with Crippen LogP contribution >= 0.6 is 50.1 Å². The highest BCUT2D eigenvalue weighted by atomic mass is 127. The quantitative estimate of drug-likeness (QED) is 0.362. The Kier molecular flexibility index (Phi) is 4.97. The van der Waals surface area contributed by atoms with E-state index >= 15 is 0 Å². The number of nitrogens with zero attached hydrogens (tertiary/aromatic N) is 3. The van der Waals surface area contributed by atoms with Crippen LogP contribution < -0.4 is 4.74 Å². The lowest BCUT2D eigenvalue weighted by molar-refractivity contribution is -0.385. The molecule has 0 saturated carbocycles. The maximum atomic E-state index is 11.1. The molecule has 9 heteroatoms. The van der Waals surface area contributed by atoms with Crippen molar-refractivity contribution in [1.29, 1.82) is 5.26 Å². The molecule has 0 aliphatic carbocycles. The lowest BCUT2D eigenvalue weighted by atomic mass is 10.2. The number of halogens is 3. The van der Waals surface area contributed by atoms with Gasteiger partial charge in [0.15, 0.2) is 0 Å². The van der Waals surface area contributed by atoms with E-state index in [2.05, 4.69) is 20.9 Å². The van der Waals surface area contributed by atoms with Gasteiger partial charge in [-0.15, -0.1) is 0 Å². The highest BCUT2D eigenvalue weighted by Crippen LogP contribution is 2.38. The lowest BCUT2D eigenvalue weighted by Gasteiger charge is -2.09. The number of hydrogen-bond acceptors (Lipinski definition) is 5. The smallest absolute Gasteiger partial charge is 0.314 e. The zero-order valence-corrected chi connectivity index (χ0v) is 14.5. The van der Waals surface area contributed by atoms with E-state index in [9.17, 15) is 10.1 Å². The molecule has 1 heterocycles. The minimum absolute atomic E-state index is 0.00341. The first-order valence-electron chi connectivity index (χ1n) is 5.29. The van der Waals surface area contributed by atoms with E-state index in [1.807, 2.05) is 28.7 Å². The van der Waals surface area contributed by atoms with Gasteiger partial charge in [0.25, 0.3) is 0 Å². The van der Waals surface area contributed by atoms with E-state index in [1.165, 1.54) is 12.3 Å². The summed E-state index contributed by atoms with van der Waals surface area (Å²) in [6, 6.07) is 6.05. The fourth-order valence-electron chi connectivity index (χ4n) is 1.45. The van der Waals surface area contributed by atoms with Crippen LogP contribution in [0.3, 0.4) is 0 Å². The van der Waals surface area contributed by atoms with Gasteiger partial charge in [-0.25, -0.2) is 4.98 Å². The third kappa shape index (κ3) is 3.61. The van der Waals surface area contributed by atoms with Crippen molar-refractivity contribution in [2.75, 3.05) is 0 Å². The number of rotatable bonds is 3. The molecule has 0 N–H and O–H groups in total. The molecule has 0 atom stereocenters. The molecule has 21 heavy (non-hydrogen) atoms. The number of hydrogen-bond donors (Lipinski definition) is 0. The first kappa shape index (κ1) is 15.9. The molecule has 0 unspecified atom stereocenters. The number of nitro groups is 1. The van der Waals surface area contributed by atoms with Gasteiger partial charge in [0.1, 0.15) is 5.02 Å². The van der Waals surface area contributed by atoms with Crippen LogP contribution in [-0.4, -0.2) is 9.91 Å². The maximum Gasteiger partial charge on any atom is 0.314 e. The molecule has 0 saturated heterocycles. The summed E-state index contributed by atoms with van der Waals surface area (Å²) >= 11 is 11.0. The first-order valence-corrected chi connectivity index (χ1v) is 7.54. The molecule has 6 nitrogen and oxygen atoms in total. The first-order chi connectivity index (χ1) is 9.92. The number of ether oxygens (including phenoxy) is 1. The highest BCUT2D eigenvalue weighted by Gasteiger charge is 2.22. The fraction of sp³-hybridized carbons (Fsp3) is 0. The van der Waals surface area contributed by atoms with Crippen LogP contribution in [-0.2, 0) is 0 Å². The molecule has 0 radical (unpaired) electrons. The normalized spacial score (nSPS) is 10.0. The summed E-state index contributed by atoms with van der Waals surface area (Å²) in [4.78, 5) is 14.5. The van der Waals surface area contributed by atoms with E-state index in [1.54, 1.807) is 6.07 Å². The van der Waals surface area contributed by atoms with Crippen molar-refractivity contribution in [3.63, 3.8) is 0 Å². The summed E-state index contributed by atoms with van der Waals surface area (Å²) in [5.74, 6) is 0.0434. The molecule has 1 aromatic carbocycles. The van der Waals surface area contributed by atoms with Crippen molar-refractivity contribution in [3.05, 3.63) is 53.1 Å². The summed E-state index contributed by atoms with van der Waals surface area (Å²) in [6.45, 7) is 0. The molecule has 0 fully saturated rings. The summed E-state index contributed by atoms with van der Waals surface area (Å²) < 4.78 is 6.54. The van der Waals surface area contributed by atoms with Crippen molar-refractivity contribution in [2.45, 2.75) is 0 Å². The molecule has 0 amide bonds. The monoisotopic (exact) mass is 479 g/mol. The lowest BCUT2D eigenvalue weighted by Crippen LogP contribution is -1.98. The van der Waals surface area contributed by atoms with Gasteiger partial charge in [-0.1, -0.05) is 11.6 Å². The molecular weight excluding hydrogens is 476 g/mol. The second-order valence-corrected chi connectivity index (χ2v) is 6.20. The summed E-state index contributed by atoms with van der Waals surface area (Å²) in [5.41, 5.74) is -0.146. The third-order valence-corrected chi connectivity index (χ3v) is 3.83. The minimum atomic E-state index is -0.620. The van der Waals surface area contributed by atoms with Crippen molar-refractivity contribution >= 4 is 55.8 Å². The van der Waals surface area contributed by atoms with E-state index in [0.29, 0.717) is 8.04 Å². The Labute approximate surface area is 146 Å². The van der Waals surface area contributed by atoms with Crippen molar-refractivity contribution in [2.24, 2.45) is 0 Å². The summed E-state index contributed by atoms with van der Waals surface area (Å²) in [5, 5.41) is 20.2. The second-order valence-electron chi connectivity index (χ2n) is 3.72. The number of benzene rings is 1. The zero-order chi connectivity index (χ0) is 15.6. The van der Waals surface area contributed by atoms with Crippen molar-refractivity contribution in [1.82, 2.24) is 4.98 Å². The molecular formula is C12H4BrClIN3O3. The standard InChI is InChI=1S/C12H4BrClIN3O3/c13-7-3-8(14)12(17-5-7)21-11-9(15)1-6(4-16)2-10(11)18(19)20/h1-3,5H. The van der Waals surface area contributed by atoms with Crippen LogP contribution in [0.4, 0.5) is 5.69 Å². The Morgan fingerprint density at radius 3 is 2.76 bits per heavy atom. The van der Waals surface area contributed by atoms with Crippen molar-refractivity contribution < 1.29 is 9.66 Å². The highest BCUT2D eigenvalue weighted by molar-refractivity contribution is 14.1. The van der Waals surface area contributed by atoms with E-state index in [4.69, 9.17) is 21.6 Å². The molecule has 0 bridgehead atoms. The average molecular weight is 480 g/mol. The number of nitro benzene ring substituents is 1. The number of nitriles is 1. The van der Waals surface area contributed by atoms with Gasteiger partial charge in [0.05, 0.1) is 20.1 Å². The predicted octanol–water partition coefficient (Wildman–Crippen LogP) is 4.67. The van der Waals surface area contributed by atoms with Crippen LogP contribution in [0.5, 0.6) is 11.6 Å². The van der Waals surface area contributed by atoms with Gasteiger partial charge in [0.2, 0.25) is 11.6 Å². The molecule has 2 aromatic rings. The third-order valence-electron chi connectivity index (χ3n) is 2.32. The Hall–Kier alpha value is -1.44. The average Bonchev–Trinajstić information content (AvgIpc) is 2.42. The largest absolute Gasteiger partial charge is 0.429 e. The molecule has 0 aliphatic heterocycles. The van der Waals surface area contributed by atoms with Crippen LogP contribution in [0.15, 0.2) is 28.9 Å². The van der Waals surface area contributed by atoms with Crippen LogP contribution in [0, 0.1) is 25.0 Å². The van der Waals surface area contributed by atoms with Gasteiger partial charge in [-0.3, -0.25) is 10.1 Å². The molecule has 106 valence electrons. The number of aromatic nitrogens is 1. The zero-order valence-electron chi connectivity index (χ0n) is 10.0. The maximum absolute atomic E-state index is 11.1. The molecule has 0 spiro atoms. The van der Waals surface area contributed by atoms with Gasteiger partial charge >= 0.3 is 5.69 Å². The molecule has 2 rings (SSSR count). The minimum Gasteiger partial charge on any atom is -0.429 e. The van der Waals surface area contributed by atoms with Gasteiger partial charge in [-0.05, 0) is 50.7 Å². The second kappa shape index (κ2) is 6.55. The van der Waals surface area contributed by atoms with E-state index in [-0.39, 0.29) is 27.9 Å². The van der Waals surface area contributed by atoms with Gasteiger partial charge in [0, 0.05) is 16.7 Å². The van der Waals surface area contributed by atoms with Crippen molar-refractivity contribution in [3.8, 4) is 17.7 Å². The van der Waals surface area contributed by atoms with Gasteiger partial charge in [-0.2, -0.15) is 5.26 Å². The predicted molar refractivity (Wildman–Crippen MR) is 87.5 cm³/mol. The Balaban J connectivity index is 2.53. The Bertz CT molecular complexity index is 779. The SMILES string of the molecule is N#Cc1cc(I)c(Oc2ncc(Br)cc2Cl)c([N+](=O)[O-])c1. The molecule has 0 aliphatic rings. The summed E-state index contributed by atoms with van der Waals surface area (Å²) in [6.07, 6.45) is 1.46. The van der Waals surface area contributed by atoms with E-state index in [0.717, 1.165) is 6.07 Å². The topological polar surface area (TPSA) is 89.0 Å². The Morgan fingerprint density at radius 1 is 1.48 bits per heavy atom. The number of pyridine rings is 1. The van der Waals surface area contributed by atoms with Crippen LogP contribution in [0.1, 0.15) is 5.56 Å². The van der Waals surface area contributed by atoms with E-state index < -0.39 is 4.92 Å². The van der Waals surface area contributed by atoms with Gasteiger partial charge < -0.3 is 4.74 Å². The van der Waals surface area contributed by atoms with Crippen LogP contribution in [0.2, 0.25) is 5.02 Å². The Morgan fingerprint density at radius 2 is 2.19 bits per heavy atom. The van der Waals surface area contributed by atoms with Crippen LogP contribution in [0.25, 0.3) is 0 Å². The summed E-state index contributed by atoms with van der Waals surface area (Å²) in [7, 11) is 0.